The van der Waals surface area contributed by atoms with Crippen molar-refractivity contribution in [2.75, 3.05) is 26.7 Å². The van der Waals surface area contributed by atoms with Crippen molar-refractivity contribution in [2.45, 2.75) is 51.6 Å². The van der Waals surface area contributed by atoms with Gasteiger partial charge in [-0.3, -0.25) is 9.59 Å². The number of carbonyl (C=O) groups is 2. The zero-order chi connectivity index (χ0) is 14.7. The first-order valence-corrected chi connectivity index (χ1v) is 7.79. The summed E-state index contributed by atoms with van der Waals surface area (Å²) in [5, 5.41) is 3.25. The van der Waals surface area contributed by atoms with Gasteiger partial charge in [-0.15, -0.1) is 0 Å². The molecule has 1 atom stereocenters. The van der Waals surface area contributed by atoms with Crippen LogP contribution in [0.1, 0.15) is 39.5 Å². The molecule has 0 aliphatic carbocycles. The molecule has 2 fully saturated rings. The molecule has 2 saturated heterocycles. The highest BCUT2D eigenvalue weighted by atomic mass is 16.2. The summed E-state index contributed by atoms with van der Waals surface area (Å²) in [6.45, 7) is 6.45. The van der Waals surface area contributed by atoms with Gasteiger partial charge in [-0.1, -0.05) is 0 Å². The Labute approximate surface area is 121 Å². The van der Waals surface area contributed by atoms with Crippen molar-refractivity contribution < 1.29 is 9.59 Å². The predicted octanol–water partition coefficient (Wildman–Crippen LogP) is 0.844. The lowest BCUT2D eigenvalue weighted by atomic mass is 9.94. The van der Waals surface area contributed by atoms with Gasteiger partial charge in [0.05, 0.1) is 6.04 Å². The molecule has 5 heteroatoms. The molecule has 2 aliphatic heterocycles. The van der Waals surface area contributed by atoms with Gasteiger partial charge in [0.2, 0.25) is 11.8 Å². The number of nitrogens with zero attached hydrogens (tertiary/aromatic N) is 2. The SMILES string of the molecule is CC(C)N(C)C(=O)C1CCN(C(=O)C2CCCN2)CC1. The second-order valence-electron chi connectivity index (χ2n) is 6.29. The second-order valence-corrected chi connectivity index (χ2v) is 6.29. The fourth-order valence-electron chi connectivity index (χ4n) is 3.01. The highest BCUT2D eigenvalue weighted by molar-refractivity contribution is 5.83. The summed E-state index contributed by atoms with van der Waals surface area (Å²) in [4.78, 5) is 28.3. The number of hydrogen-bond donors (Lipinski definition) is 1. The van der Waals surface area contributed by atoms with Crippen LogP contribution >= 0.6 is 0 Å². The maximum absolute atomic E-state index is 12.3. The molecular formula is C15H27N3O2. The Balaban J connectivity index is 1.83. The lowest BCUT2D eigenvalue weighted by Gasteiger charge is -2.35. The molecule has 0 aromatic carbocycles. The molecule has 0 aromatic heterocycles. The minimum absolute atomic E-state index is 0.0144. The molecule has 0 spiro atoms. The average molecular weight is 281 g/mol. The van der Waals surface area contributed by atoms with Crippen LogP contribution < -0.4 is 5.32 Å². The lowest BCUT2D eigenvalue weighted by Crippen LogP contribution is -2.49. The molecule has 2 heterocycles. The summed E-state index contributed by atoms with van der Waals surface area (Å²) >= 11 is 0. The number of amides is 2. The van der Waals surface area contributed by atoms with Crippen molar-refractivity contribution in [1.82, 2.24) is 15.1 Å². The molecule has 114 valence electrons. The monoisotopic (exact) mass is 281 g/mol. The van der Waals surface area contributed by atoms with Gasteiger partial charge >= 0.3 is 0 Å². The Morgan fingerprint density at radius 2 is 1.85 bits per heavy atom. The van der Waals surface area contributed by atoms with E-state index in [0.717, 1.165) is 45.3 Å². The van der Waals surface area contributed by atoms with Crippen molar-refractivity contribution in [1.29, 1.82) is 0 Å². The van der Waals surface area contributed by atoms with E-state index >= 15 is 0 Å². The molecule has 0 aromatic rings. The molecule has 20 heavy (non-hydrogen) atoms. The lowest BCUT2D eigenvalue weighted by molar-refractivity contribution is -0.141. The largest absolute Gasteiger partial charge is 0.343 e. The van der Waals surface area contributed by atoms with Gasteiger partial charge in [-0.2, -0.15) is 0 Å². The normalized spacial score (nSPS) is 24.2. The minimum Gasteiger partial charge on any atom is -0.343 e. The number of likely N-dealkylation sites (tertiary alicyclic amines) is 1. The quantitative estimate of drug-likeness (QED) is 0.834. The molecule has 1 N–H and O–H groups in total. The predicted molar refractivity (Wildman–Crippen MR) is 78.2 cm³/mol. The van der Waals surface area contributed by atoms with Gasteiger partial charge in [-0.05, 0) is 46.1 Å². The summed E-state index contributed by atoms with van der Waals surface area (Å²) in [6.07, 6.45) is 3.64. The van der Waals surface area contributed by atoms with Gasteiger partial charge < -0.3 is 15.1 Å². The van der Waals surface area contributed by atoms with Crippen LogP contribution in [0.15, 0.2) is 0 Å². The number of hydrogen-bond acceptors (Lipinski definition) is 3. The van der Waals surface area contributed by atoms with E-state index in [9.17, 15) is 9.59 Å². The smallest absolute Gasteiger partial charge is 0.239 e. The summed E-state index contributed by atoms with van der Waals surface area (Å²) in [5.74, 6) is 0.541. The molecule has 0 bridgehead atoms. The van der Waals surface area contributed by atoms with E-state index in [1.54, 1.807) is 0 Å². The molecule has 5 nitrogen and oxygen atoms in total. The first kappa shape index (κ1) is 15.3. The minimum atomic E-state index is 0.0144. The molecule has 1 unspecified atom stereocenters. The van der Waals surface area contributed by atoms with Crippen LogP contribution in [-0.4, -0.2) is 60.4 Å². The standard InChI is InChI=1S/C15H27N3O2/c1-11(2)17(3)14(19)12-6-9-18(10-7-12)15(20)13-5-4-8-16-13/h11-13,16H,4-10H2,1-3H3. The Hall–Kier alpha value is -1.10. The first-order valence-electron chi connectivity index (χ1n) is 7.79. The highest BCUT2D eigenvalue weighted by Crippen LogP contribution is 2.21. The Kier molecular flexibility index (Phi) is 5.02. The average Bonchev–Trinajstić information content (AvgIpc) is 2.99. The third-order valence-corrected chi connectivity index (χ3v) is 4.64. The molecule has 0 radical (unpaired) electrons. The van der Waals surface area contributed by atoms with Crippen molar-refractivity contribution in [2.24, 2.45) is 5.92 Å². The Morgan fingerprint density at radius 3 is 2.35 bits per heavy atom. The number of rotatable bonds is 3. The zero-order valence-electron chi connectivity index (χ0n) is 12.9. The van der Waals surface area contributed by atoms with Gasteiger partial charge in [0.1, 0.15) is 0 Å². The van der Waals surface area contributed by atoms with E-state index < -0.39 is 0 Å². The van der Waals surface area contributed by atoms with Crippen LogP contribution in [0.4, 0.5) is 0 Å². The highest BCUT2D eigenvalue weighted by Gasteiger charge is 2.33. The fraction of sp³-hybridized carbons (Fsp3) is 0.867. The van der Waals surface area contributed by atoms with Crippen molar-refractivity contribution in [3.05, 3.63) is 0 Å². The number of carbonyl (C=O) groups excluding carboxylic acids is 2. The zero-order valence-corrected chi connectivity index (χ0v) is 12.9. The van der Waals surface area contributed by atoms with E-state index in [-0.39, 0.29) is 29.8 Å². The van der Waals surface area contributed by atoms with E-state index in [1.807, 2.05) is 30.7 Å². The Morgan fingerprint density at radius 1 is 1.20 bits per heavy atom. The number of nitrogens with one attached hydrogen (secondary N) is 1. The van der Waals surface area contributed by atoms with Gasteiger partial charge in [-0.25, -0.2) is 0 Å². The van der Waals surface area contributed by atoms with Crippen LogP contribution in [0.5, 0.6) is 0 Å². The second kappa shape index (κ2) is 6.57. The topological polar surface area (TPSA) is 52.7 Å². The van der Waals surface area contributed by atoms with Crippen molar-refractivity contribution >= 4 is 11.8 Å². The van der Waals surface area contributed by atoms with E-state index in [4.69, 9.17) is 0 Å². The number of piperidine rings is 1. The summed E-state index contributed by atoms with van der Waals surface area (Å²) in [6, 6.07) is 0.255. The van der Waals surface area contributed by atoms with Crippen LogP contribution in [-0.2, 0) is 9.59 Å². The van der Waals surface area contributed by atoms with E-state index in [0.29, 0.717) is 0 Å². The molecule has 2 aliphatic rings. The van der Waals surface area contributed by atoms with Crippen molar-refractivity contribution in [3.8, 4) is 0 Å². The van der Waals surface area contributed by atoms with E-state index in [1.165, 1.54) is 0 Å². The molecule has 2 amide bonds. The Bertz CT molecular complexity index is 334. The third-order valence-electron chi connectivity index (χ3n) is 4.64. The van der Waals surface area contributed by atoms with Crippen LogP contribution in [0, 0.1) is 5.92 Å². The molecular weight excluding hydrogens is 254 g/mol. The maximum Gasteiger partial charge on any atom is 0.239 e. The van der Waals surface area contributed by atoms with Crippen molar-refractivity contribution in [3.63, 3.8) is 0 Å². The summed E-state index contributed by atoms with van der Waals surface area (Å²) in [5.41, 5.74) is 0. The van der Waals surface area contributed by atoms with E-state index in [2.05, 4.69) is 5.32 Å². The van der Waals surface area contributed by atoms with Gasteiger partial charge in [0, 0.05) is 32.1 Å². The first-order chi connectivity index (χ1) is 9.50. The van der Waals surface area contributed by atoms with Crippen LogP contribution in [0.3, 0.4) is 0 Å². The van der Waals surface area contributed by atoms with Crippen LogP contribution in [0.25, 0.3) is 0 Å². The van der Waals surface area contributed by atoms with Gasteiger partial charge in [0.25, 0.3) is 0 Å². The van der Waals surface area contributed by atoms with Crippen LogP contribution in [0.2, 0.25) is 0 Å². The maximum atomic E-state index is 12.3. The molecule has 2 rings (SSSR count). The molecule has 0 saturated carbocycles. The summed E-state index contributed by atoms with van der Waals surface area (Å²) < 4.78 is 0. The fourth-order valence-corrected chi connectivity index (χ4v) is 3.01. The third kappa shape index (κ3) is 3.32. The summed E-state index contributed by atoms with van der Waals surface area (Å²) in [7, 11) is 1.87. The van der Waals surface area contributed by atoms with Gasteiger partial charge in [0.15, 0.2) is 0 Å².